The van der Waals surface area contributed by atoms with E-state index in [1.807, 2.05) is 57.0 Å². The third-order valence-corrected chi connectivity index (χ3v) is 3.82. The molecule has 1 N–H and O–H groups in total. The molecule has 0 spiro atoms. The zero-order valence-corrected chi connectivity index (χ0v) is 11.7. The minimum Gasteiger partial charge on any atom is -0.481 e. The van der Waals surface area contributed by atoms with Crippen LogP contribution in [-0.2, 0) is 4.79 Å². The summed E-state index contributed by atoms with van der Waals surface area (Å²) >= 11 is 0. The number of hydrogen-bond donors (Lipinski definition) is 1. The molecule has 0 atom stereocenters. The number of anilines is 1. The molecule has 0 aliphatic carbocycles. The Hall–Kier alpha value is -1.51. The summed E-state index contributed by atoms with van der Waals surface area (Å²) in [4.78, 5) is 13.5. The maximum atomic E-state index is 11.5. The SMILES string of the molecule is CCC(CC)(CN(C)c1ccc(C)cc1)C(=O)O. The first kappa shape index (κ1) is 14.6. The standard InChI is InChI=1S/C15H23NO2/c1-5-15(6-2,14(17)18)11-16(4)13-9-7-12(3)8-10-13/h7-10H,5-6,11H2,1-4H3,(H,17,18). The summed E-state index contributed by atoms with van der Waals surface area (Å²) in [6.07, 6.45) is 1.30. The molecule has 100 valence electrons. The summed E-state index contributed by atoms with van der Waals surface area (Å²) < 4.78 is 0. The van der Waals surface area contributed by atoms with Crippen LogP contribution in [0.25, 0.3) is 0 Å². The van der Waals surface area contributed by atoms with Crippen LogP contribution >= 0.6 is 0 Å². The smallest absolute Gasteiger partial charge is 0.311 e. The zero-order valence-electron chi connectivity index (χ0n) is 11.7. The molecule has 0 fully saturated rings. The highest BCUT2D eigenvalue weighted by molar-refractivity contribution is 5.75. The molecule has 0 unspecified atom stereocenters. The molecule has 0 radical (unpaired) electrons. The Bertz CT molecular complexity index is 393. The quantitative estimate of drug-likeness (QED) is 0.840. The molecule has 1 aromatic carbocycles. The van der Waals surface area contributed by atoms with Gasteiger partial charge in [0, 0.05) is 19.3 Å². The van der Waals surface area contributed by atoms with Crippen molar-refractivity contribution in [1.29, 1.82) is 0 Å². The first-order valence-electron chi connectivity index (χ1n) is 6.46. The Morgan fingerprint density at radius 3 is 2.11 bits per heavy atom. The number of benzene rings is 1. The first-order chi connectivity index (χ1) is 8.45. The van der Waals surface area contributed by atoms with Gasteiger partial charge in [-0.1, -0.05) is 31.5 Å². The van der Waals surface area contributed by atoms with Gasteiger partial charge in [0.05, 0.1) is 5.41 Å². The summed E-state index contributed by atoms with van der Waals surface area (Å²) in [5, 5.41) is 9.44. The summed E-state index contributed by atoms with van der Waals surface area (Å²) in [6, 6.07) is 8.17. The van der Waals surface area contributed by atoms with Crippen molar-refractivity contribution in [1.82, 2.24) is 0 Å². The Balaban J connectivity index is 2.88. The van der Waals surface area contributed by atoms with E-state index in [0.717, 1.165) is 5.69 Å². The number of carboxylic acid groups (broad SMARTS) is 1. The highest BCUT2D eigenvalue weighted by Crippen LogP contribution is 2.29. The maximum Gasteiger partial charge on any atom is 0.311 e. The van der Waals surface area contributed by atoms with Crippen LogP contribution in [0.1, 0.15) is 32.3 Å². The van der Waals surface area contributed by atoms with Gasteiger partial charge in [-0.25, -0.2) is 0 Å². The van der Waals surface area contributed by atoms with Gasteiger partial charge in [-0.2, -0.15) is 0 Å². The lowest BCUT2D eigenvalue weighted by atomic mass is 9.82. The molecule has 0 aromatic heterocycles. The molecule has 0 saturated carbocycles. The second-order valence-corrected chi connectivity index (χ2v) is 4.98. The van der Waals surface area contributed by atoms with Gasteiger partial charge in [-0.05, 0) is 31.9 Å². The number of aryl methyl sites for hydroxylation is 1. The fourth-order valence-electron chi connectivity index (χ4n) is 2.19. The van der Waals surface area contributed by atoms with E-state index < -0.39 is 11.4 Å². The largest absolute Gasteiger partial charge is 0.481 e. The molecular formula is C15H23NO2. The van der Waals surface area contributed by atoms with Gasteiger partial charge in [0.15, 0.2) is 0 Å². The lowest BCUT2D eigenvalue weighted by molar-refractivity contribution is -0.148. The molecule has 0 saturated heterocycles. The zero-order chi connectivity index (χ0) is 13.8. The van der Waals surface area contributed by atoms with Crippen molar-refractivity contribution in [3.8, 4) is 0 Å². The van der Waals surface area contributed by atoms with Crippen LogP contribution < -0.4 is 4.90 Å². The number of rotatable bonds is 6. The average molecular weight is 249 g/mol. The van der Waals surface area contributed by atoms with Gasteiger partial charge in [0.2, 0.25) is 0 Å². The molecule has 18 heavy (non-hydrogen) atoms. The van der Waals surface area contributed by atoms with E-state index in [4.69, 9.17) is 0 Å². The molecule has 0 heterocycles. The lowest BCUT2D eigenvalue weighted by Gasteiger charge is -2.32. The second-order valence-electron chi connectivity index (χ2n) is 4.98. The third kappa shape index (κ3) is 3.03. The predicted molar refractivity (Wildman–Crippen MR) is 75.1 cm³/mol. The lowest BCUT2D eigenvalue weighted by Crippen LogP contribution is -2.41. The van der Waals surface area contributed by atoms with E-state index in [9.17, 15) is 9.90 Å². The van der Waals surface area contributed by atoms with Gasteiger partial charge in [0.25, 0.3) is 0 Å². The minimum atomic E-state index is -0.702. The summed E-state index contributed by atoms with van der Waals surface area (Å²) in [7, 11) is 1.95. The van der Waals surface area contributed by atoms with Crippen LogP contribution in [0, 0.1) is 12.3 Å². The van der Waals surface area contributed by atoms with Gasteiger partial charge in [-0.3, -0.25) is 4.79 Å². The third-order valence-electron chi connectivity index (χ3n) is 3.82. The van der Waals surface area contributed by atoms with Crippen molar-refractivity contribution in [2.24, 2.45) is 5.41 Å². The fraction of sp³-hybridized carbons (Fsp3) is 0.533. The van der Waals surface area contributed by atoms with E-state index in [1.54, 1.807) is 0 Å². The number of carbonyl (C=O) groups is 1. The van der Waals surface area contributed by atoms with Crippen LogP contribution in [0.2, 0.25) is 0 Å². The molecule has 1 aromatic rings. The van der Waals surface area contributed by atoms with E-state index in [2.05, 4.69) is 0 Å². The molecule has 0 aliphatic heterocycles. The Morgan fingerprint density at radius 1 is 1.22 bits per heavy atom. The van der Waals surface area contributed by atoms with Crippen LogP contribution in [0.5, 0.6) is 0 Å². The van der Waals surface area contributed by atoms with Gasteiger partial charge in [0.1, 0.15) is 0 Å². The minimum absolute atomic E-state index is 0.540. The number of hydrogen-bond acceptors (Lipinski definition) is 2. The van der Waals surface area contributed by atoms with Crippen molar-refractivity contribution in [2.45, 2.75) is 33.6 Å². The number of aliphatic carboxylic acids is 1. The summed E-state index contributed by atoms with van der Waals surface area (Å²) in [6.45, 7) is 6.48. The van der Waals surface area contributed by atoms with Crippen LogP contribution in [0.4, 0.5) is 5.69 Å². The molecule has 0 aliphatic rings. The highest BCUT2D eigenvalue weighted by atomic mass is 16.4. The van der Waals surface area contributed by atoms with E-state index in [-0.39, 0.29) is 0 Å². The van der Waals surface area contributed by atoms with Crippen LogP contribution in [0.3, 0.4) is 0 Å². The fourth-order valence-corrected chi connectivity index (χ4v) is 2.19. The van der Waals surface area contributed by atoms with Gasteiger partial charge >= 0.3 is 5.97 Å². The Labute approximate surface area is 109 Å². The molecule has 0 bridgehead atoms. The first-order valence-corrected chi connectivity index (χ1v) is 6.46. The molecule has 3 nitrogen and oxygen atoms in total. The molecular weight excluding hydrogens is 226 g/mol. The maximum absolute atomic E-state index is 11.5. The van der Waals surface area contributed by atoms with Crippen LogP contribution in [0.15, 0.2) is 24.3 Å². The topological polar surface area (TPSA) is 40.5 Å². The highest BCUT2D eigenvalue weighted by Gasteiger charge is 2.36. The van der Waals surface area contributed by atoms with E-state index in [1.165, 1.54) is 5.56 Å². The van der Waals surface area contributed by atoms with Crippen molar-refractivity contribution in [3.63, 3.8) is 0 Å². The van der Waals surface area contributed by atoms with Crippen molar-refractivity contribution in [2.75, 3.05) is 18.5 Å². The average Bonchev–Trinajstić information content (AvgIpc) is 2.36. The monoisotopic (exact) mass is 249 g/mol. The van der Waals surface area contributed by atoms with Crippen molar-refractivity contribution >= 4 is 11.7 Å². The van der Waals surface area contributed by atoms with E-state index in [0.29, 0.717) is 19.4 Å². The van der Waals surface area contributed by atoms with Crippen LogP contribution in [-0.4, -0.2) is 24.7 Å². The predicted octanol–water partition coefficient (Wildman–Crippen LogP) is 3.32. The summed E-state index contributed by atoms with van der Waals surface area (Å²) in [5.41, 5.74) is 1.62. The molecule has 0 amide bonds. The number of carboxylic acids is 1. The Morgan fingerprint density at radius 2 is 1.72 bits per heavy atom. The Kier molecular flexibility index (Phi) is 4.76. The van der Waals surface area contributed by atoms with E-state index >= 15 is 0 Å². The second kappa shape index (κ2) is 5.89. The van der Waals surface area contributed by atoms with Crippen molar-refractivity contribution < 1.29 is 9.90 Å². The normalized spacial score (nSPS) is 11.3. The number of nitrogens with zero attached hydrogens (tertiary/aromatic N) is 1. The molecule has 1 rings (SSSR count). The summed E-state index contributed by atoms with van der Waals surface area (Å²) in [5.74, 6) is -0.702. The molecule has 3 heteroatoms. The van der Waals surface area contributed by atoms with Gasteiger partial charge in [-0.15, -0.1) is 0 Å². The van der Waals surface area contributed by atoms with Gasteiger partial charge < -0.3 is 10.0 Å². The van der Waals surface area contributed by atoms with Crippen molar-refractivity contribution in [3.05, 3.63) is 29.8 Å².